The molecule has 12 heteroatoms. The molecule has 1 amide bonds. The number of anilines is 1. The molecule has 11 nitrogen and oxygen atoms in total. The summed E-state index contributed by atoms with van der Waals surface area (Å²) in [5.74, 6) is 2.28. The fourth-order valence-corrected chi connectivity index (χ4v) is 5.85. The van der Waals surface area contributed by atoms with E-state index in [-0.39, 0.29) is 11.5 Å². The monoisotopic (exact) mass is 626 g/mol. The summed E-state index contributed by atoms with van der Waals surface area (Å²) in [4.78, 5) is 39.1. The lowest BCUT2D eigenvalue weighted by molar-refractivity contribution is -0.127. The fraction of sp³-hybridized carbons (Fsp3) is 0.500. The Labute approximate surface area is 264 Å². The molecule has 2 aliphatic rings. The number of aliphatic imine (C=N–C) groups is 2. The third-order valence-electron chi connectivity index (χ3n) is 8.17. The van der Waals surface area contributed by atoms with E-state index < -0.39 is 0 Å². The Hall–Kier alpha value is -3.67. The lowest BCUT2D eigenvalue weighted by Gasteiger charge is -2.34. The standard InChI is InChI=1S/C32H43ClN6O5/c1-6-28(40)38-14-12-37(13-15-38)10-7-11-39-30(36-32(34-3)35-21-23-8-16-44-17-9-23)22(2)18-26(31(39)41)25-19-24(42-4)20-27(43-5)29(25)33/h6,18-20,23H,1,3,7-17,21H2,2,4-5H3,(H,35,36). The molecule has 2 fully saturated rings. The third-order valence-corrected chi connectivity index (χ3v) is 8.56. The van der Waals surface area contributed by atoms with Gasteiger partial charge in [-0.25, -0.2) is 4.99 Å². The largest absolute Gasteiger partial charge is 0.497 e. The molecule has 1 aromatic carbocycles. The molecule has 0 unspecified atom stereocenters. The summed E-state index contributed by atoms with van der Waals surface area (Å²) < 4.78 is 18.1. The van der Waals surface area contributed by atoms with Crippen molar-refractivity contribution in [3.8, 4) is 22.6 Å². The van der Waals surface area contributed by atoms with Crippen molar-refractivity contribution in [3.63, 3.8) is 0 Å². The SMILES string of the molecule is C=CC(=O)N1CCN(CCCn2c(NC(N=C)=NCC3CCOCC3)c(C)cc(-c3cc(OC)cc(OC)c3Cl)c2=O)CC1. The summed E-state index contributed by atoms with van der Waals surface area (Å²) in [6, 6.07) is 5.25. The molecule has 2 aromatic rings. The van der Waals surface area contributed by atoms with Gasteiger partial charge in [-0.05, 0) is 69.1 Å². The average Bonchev–Trinajstić information content (AvgIpc) is 3.06. The molecule has 1 aromatic heterocycles. The normalized spacial score (nSPS) is 16.5. The van der Waals surface area contributed by atoms with Crippen molar-refractivity contribution in [1.29, 1.82) is 0 Å². The molecule has 44 heavy (non-hydrogen) atoms. The average molecular weight is 627 g/mol. The minimum Gasteiger partial charge on any atom is -0.497 e. The summed E-state index contributed by atoms with van der Waals surface area (Å²) in [6.07, 6.45) is 3.97. The van der Waals surface area contributed by atoms with Gasteiger partial charge < -0.3 is 24.4 Å². The number of nitrogens with one attached hydrogen (secondary N) is 1. The number of hydrogen-bond donors (Lipinski definition) is 1. The van der Waals surface area contributed by atoms with Gasteiger partial charge in [-0.3, -0.25) is 24.0 Å². The first-order chi connectivity index (χ1) is 21.3. The van der Waals surface area contributed by atoms with Crippen LogP contribution in [0.2, 0.25) is 5.02 Å². The molecule has 238 valence electrons. The number of halogens is 1. The van der Waals surface area contributed by atoms with Crippen molar-refractivity contribution in [2.24, 2.45) is 15.9 Å². The lowest BCUT2D eigenvalue weighted by Crippen LogP contribution is -2.48. The number of guanidine groups is 1. The van der Waals surface area contributed by atoms with Crippen molar-refractivity contribution in [2.45, 2.75) is 32.7 Å². The highest BCUT2D eigenvalue weighted by Crippen LogP contribution is 2.38. The lowest BCUT2D eigenvalue weighted by atomic mass is 10.0. The van der Waals surface area contributed by atoms with E-state index in [0.717, 1.165) is 51.3 Å². The first-order valence-corrected chi connectivity index (χ1v) is 15.3. The summed E-state index contributed by atoms with van der Waals surface area (Å²) in [6.45, 7) is 15.4. The van der Waals surface area contributed by atoms with Gasteiger partial charge in [0.1, 0.15) is 17.3 Å². The van der Waals surface area contributed by atoms with Crippen LogP contribution in [0.3, 0.4) is 0 Å². The number of pyridine rings is 1. The second-order valence-electron chi connectivity index (χ2n) is 11.0. The number of methoxy groups -OCH3 is 2. The van der Waals surface area contributed by atoms with Gasteiger partial charge in [0.05, 0.1) is 19.2 Å². The quantitative estimate of drug-likeness (QED) is 0.227. The number of amides is 1. The molecule has 4 rings (SSSR count). The van der Waals surface area contributed by atoms with Gasteiger partial charge >= 0.3 is 0 Å². The van der Waals surface area contributed by atoms with Gasteiger partial charge in [0, 0.05) is 69.7 Å². The van der Waals surface area contributed by atoms with Gasteiger partial charge in [0.25, 0.3) is 5.56 Å². The topological polar surface area (TPSA) is 110 Å². The Morgan fingerprint density at radius 3 is 2.48 bits per heavy atom. The summed E-state index contributed by atoms with van der Waals surface area (Å²) >= 11 is 6.72. The second kappa shape index (κ2) is 15.9. The number of hydrogen-bond acceptors (Lipinski definition) is 7. The molecule has 0 bridgehead atoms. The van der Waals surface area contributed by atoms with E-state index >= 15 is 0 Å². The Balaban J connectivity index is 1.64. The number of aromatic nitrogens is 1. The van der Waals surface area contributed by atoms with E-state index in [2.05, 4.69) is 28.5 Å². The molecule has 3 heterocycles. The maximum atomic E-state index is 14.2. The Morgan fingerprint density at radius 1 is 1.11 bits per heavy atom. The molecule has 0 aliphatic carbocycles. The van der Waals surface area contributed by atoms with E-state index in [1.165, 1.54) is 13.2 Å². The van der Waals surface area contributed by atoms with Gasteiger partial charge in [-0.1, -0.05) is 18.2 Å². The molecular weight excluding hydrogens is 584 g/mol. The number of benzene rings is 1. The van der Waals surface area contributed by atoms with Crippen LogP contribution < -0.4 is 20.3 Å². The molecule has 0 atom stereocenters. The van der Waals surface area contributed by atoms with Crippen molar-refractivity contribution in [3.05, 3.63) is 51.8 Å². The molecule has 0 spiro atoms. The minimum absolute atomic E-state index is 0.0443. The van der Waals surface area contributed by atoms with Crippen LogP contribution in [0.1, 0.15) is 24.8 Å². The van der Waals surface area contributed by atoms with Crippen LogP contribution in [-0.2, 0) is 16.1 Å². The molecule has 0 saturated carbocycles. The maximum absolute atomic E-state index is 14.2. The molecule has 2 saturated heterocycles. The number of piperazine rings is 1. The predicted octanol–water partition coefficient (Wildman–Crippen LogP) is 4.11. The zero-order valence-corrected chi connectivity index (χ0v) is 26.7. The molecule has 1 N–H and O–H groups in total. The highest BCUT2D eigenvalue weighted by molar-refractivity contribution is 6.35. The zero-order valence-electron chi connectivity index (χ0n) is 25.9. The molecular formula is C32H43ClN6O5. The van der Waals surface area contributed by atoms with Crippen LogP contribution in [0.15, 0.2) is 45.6 Å². The zero-order chi connectivity index (χ0) is 31.6. The third kappa shape index (κ3) is 8.08. The van der Waals surface area contributed by atoms with Crippen LogP contribution in [0.25, 0.3) is 11.1 Å². The highest BCUT2D eigenvalue weighted by atomic mass is 35.5. The fourth-order valence-electron chi connectivity index (χ4n) is 5.57. The number of aryl methyl sites for hydroxylation is 1. The van der Waals surface area contributed by atoms with E-state index in [0.29, 0.717) is 77.9 Å². The number of carbonyl (C=O) groups excluding carboxylic acids is 1. The van der Waals surface area contributed by atoms with Gasteiger partial charge in [-0.15, -0.1) is 0 Å². The van der Waals surface area contributed by atoms with Crippen LogP contribution >= 0.6 is 11.6 Å². The van der Waals surface area contributed by atoms with Crippen molar-refractivity contribution >= 4 is 36.0 Å². The summed E-state index contributed by atoms with van der Waals surface area (Å²) in [5.41, 5.74) is 1.55. The second-order valence-corrected chi connectivity index (χ2v) is 11.3. The Kier molecular flexibility index (Phi) is 12.0. The number of carbonyl (C=O) groups is 1. The van der Waals surface area contributed by atoms with E-state index in [1.807, 2.05) is 13.0 Å². The Bertz CT molecular complexity index is 1430. The molecule has 2 aliphatic heterocycles. The number of nitrogens with zero attached hydrogens (tertiary/aromatic N) is 5. The number of ether oxygens (including phenoxy) is 3. The van der Waals surface area contributed by atoms with Crippen molar-refractivity contribution in [2.75, 3.05) is 72.0 Å². The van der Waals surface area contributed by atoms with Crippen LogP contribution in [-0.4, -0.2) is 99.7 Å². The van der Waals surface area contributed by atoms with Crippen LogP contribution in [0.4, 0.5) is 5.82 Å². The van der Waals surface area contributed by atoms with E-state index in [9.17, 15) is 9.59 Å². The van der Waals surface area contributed by atoms with E-state index in [1.54, 1.807) is 28.7 Å². The van der Waals surface area contributed by atoms with Gasteiger partial charge in [0.2, 0.25) is 11.9 Å². The summed E-state index contributed by atoms with van der Waals surface area (Å²) in [7, 11) is 3.08. The first kappa shape index (κ1) is 33.2. The van der Waals surface area contributed by atoms with Gasteiger partial charge in [0.15, 0.2) is 0 Å². The first-order valence-electron chi connectivity index (χ1n) is 15.0. The van der Waals surface area contributed by atoms with Crippen molar-refractivity contribution in [1.82, 2.24) is 14.4 Å². The highest BCUT2D eigenvalue weighted by Gasteiger charge is 2.22. The maximum Gasteiger partial charge on any atom is 0.260 e. The number of rotatable bonds is 11. The van der Waals surface area contributed by atoms with Gasteiger partial charge in [-0.2, -0.15) is 0 Å². The molecule has 0 radical (unpaired) electrons. The van der Waals surface area contributed by atoms with Crippen LogP contribution in [0.5, 0.6) is 11.5 Å². The van der Waals surface area contributed by atoms with Crippen LogP contribution in [0, 0.1) is 12.8 Å². The smallest absolute Gasteiger partial charge is 0.260 e. The van der Waals surface area contributed by atoms with Crippen molar-refractivity contribution < 1.29 is 19.0 Å². The predicted molar refractivity (Wildman–Crippen MR) is 176 cm³/mol. The summed E-state index contributed by atoms with van der Waals surface area (Å²) in [5, 5.41) is 3.63. The minimum atomic E-state index is -0.218. The van der Waals surface area contributed by atoms with E-state index in [4.69, 9.17) is 30.8 Å². The Morgan fingerprint density at radius 2 is 1.84 bits per heavy atom.